The van der Waals surface area contributed by atoms with Crippen LogP contribution in [0.4, 0.5) is 13.2 Å². The van der Waals surface area contributed by atoms with Gasteiger partial charge in [0, 0.05) is 6.54 Å². The summed E-state index contributed by atoms with van der Waals surface area (Å²) >= 11 is 0. The zero-order valence-corrected chi connectivity index (χ0v) is 12.8. The maximum absolute atomic E-state index is 12.6. The zero-order valence-electron chi connectivity index (χ0n) is 12.0. The molecule has 0 radical (unpaired) electrons. The van der Waals surface area contributed by atoms with E-state index < -0.39 is 38.8 Å². The van der Waals surface area contributed by atoms with Gasteiger partial charge in [-0.2, -0.15) is 13.2 Å². The van der Waals surface area contributed by atoms with Crippen molar-refractivity contribution in [2.45, 2.75) is 23.6 Å². The van der Waals surface area contributed by atoms with Gasteiger partial charge in [0.2, 0.25) is 10.0 Å². The highest BCUT2D eigenvalue weighted by molar-refractivity contribution is 7.89. The Balaban J connectivity index is 2.20. The number of halogens is 3. The summed E-state index contributed by atoms with van der Waals surface area (Å²) in [6.07, 6.45) is -3.34. The first-order valence-electron chi connectivity index (χ1n) is 6.46. The van der Waals surface area contributed by atoms with E-state index in [-0.39, 0.29) is 5.76 Å². The van der Waals surface area contributed by atoms with Crippen LogP contribution in [0.25, 0.3) is 0 Å². The van der Waals surface area contributed by atoms with Crippen molar-refractivity contribution >= 4 is 10.0 Å². The molecule has 1 aromatic heterocycles. The van der Waals surface area contributed by atoms with Crippen LogP contribution in [0.1, 0.15) is 18.2 Å². The molecule has 5 nitrogen and oxygen atoms in total. The minimum Gasteiger partial charge on any atom is -0.466 e. The zero-order chi connectivity index (χ0) is 17.3. The average Bonchev–Trinajstić information content (AvgIpc) is 3.00. The number of sulfonamides is 1. The van der Waals surface area contributed by atoms with Crippen molar-refractivity contribution in [3.05, 3.63) is 54.0 Å². The lowest BCUT2D eigenvalue weighted by Crippen LogP contribution is -2.38. The van der Waals surface area contributed by atoms with Crippen molar-refractivity contribution in [3.8, 4) is 0 Å². The fourth-order valence-corrected chi connectivity index (χ4v) is 3.01. The van der Waals surface area contributed by atoms with Crippen molar-refractivity contribution in [1.82, 2.24) is 4.72 Å². The van der Waals surface area contributed by atoms with Gasteiger partial charge < -0.3 is 9.52 Å². The van der Waals surface area contributed by atoms with E-state index in [1.54, 1.807) is 0 Å². The average molecular weight is 349 g/mol. The first-order valence-corrected chi connectivity index (χ1v) is 7.94. The summed E-state index contributed by atoms with van der Waals surface area (Å²) in [5, 5.41) is 10.2. The molecule has 0 aliphatic rings. The predicted octanol–water partition coefficient (Wildman–Crippen LogP) is 2.48. The molecule has 0 aliphatic heterocycles. The fraction of sp³-hybridized carbons (Fsp3) is 0.286. The molecular weight excluding hydrogens is 335 g/mol. The summed E-state index contributed by atoms with van der Waals surface area (Å²) in [5.41, 5.74) is -2.71. The summed E-state index contributed by atoms with van der Waals surface area (Å²) in [6, 6.07) is 6.33. The molecule has 1 atom stereocenters. The molecule has 0 saturated heterocycles. The lowest BCUT2D eigenvalue weighted by molar-refractivity contribution is -0.137. The van der Waals surface area contributed by atoms with Gasteiger partial charge in [-0.15, -0.1) is 0 Å². The van der Waals surface area contributed by atoms with E-state index in [1.165, 1.54) is 25.3 Å². The molecule has 0 saturated carbocycles. The summed E-state index contributed by atoms with van der Waals surface area (Å²) in [4.78, 5) is -0.539. The Morgan fingerprint density at radius 3 is 2.48 bits per heavy atom. The lowest BCUT2D eigenvalue weighted by atomic mass is 10.1. The number of aliphatic hydroxyl groups is 1. The standard InChI is InChI=1S/C14H14F3NO4S/c1-13(19,12-6-3-7-22-12)9-18-23(20,21)11-5-2-4-10(8-11)14(15,16)17/h2-8,18-19H,9H2,1H3. The Morgan fingerprint density at radius 1 is 1.22 bits per heavy atom. The smallest absolute Gasteiger partial charge is 0.416 e. The van der Waals surface area contributed by atoms with E-state index in [9.17, 15) is 26.7 Å². The summed E-state index contributed by atoms with van der Waals surface area (Å²) in [5.74, 6) is 0.129. The molecule has 2 rings (SSSR count). The molecule has 1 aromatic carbocycles. The van der Waals surface area contributed by atoms with Crippen LogP contribution in [-0.4, -0.2) is 20.1 Å². The van der Waals surface area contributed by atoms with Crippen LogP contribution < -0.4 is 4.72 Å². The maximum atomic E-state index is 12.6. The molecule has 0 spiro atoms. The predicted molar refractivity (Wildman–Crippen MR) is 74.9 cm³/mol. The van der Waals surface area contributed by atoms with Gasteiger partial charge in [-0.05, 0) is 37.3 Å². The Bertz CT molecular complexity index is 768. The Hall–Kier alpha value is -1.84. The van der Waals surface area contributed by atoms with E-state index in [0.29, 0.717) is 6.07 Å². The number of nitrogens with one attached hydrogen (secondary N) is 1. The fourth-order valence-electron chi connectivity index (χ4n) is 1.83. The second kappa shape index (κ2) is 5.99. The molecule has 1 unspecified atom stereocenters. The molecule has 2 aromatic rings. The van der Waals surface area contributed by atoms with E-state index in [4.69, 9.17) is 4.42 Å². The van der Waals surface area contributed by atoms with E-state index in [2.05, 4.69) is 4.72 Å². The van der Waals surface area contributed by atoms with E-state index in [0.717, 1.165) is 18.2 Å². The monoisotopic (exact) mass is 349 g/mol. The second-order valence-electron chi connectivity index (χ2n) is 5.10. The van der Waals surface area contributed by atoms with Gasteiger partial charge in [0.05, 0.1) is 16.7 Å². The molecule has 9 heteroatoms. The summed E-state index contributed by atoms with van der Waals surface area (Å²) in [7, 11) is -4.22. The van der Waals surface area contributed by atoms with Gasteiger partial charge in [-0.25, -0.2) is 13.1 Å². The summed E-state index contributed by atoms with van der Waals surface area (Å²) < 4.78 is 69.2. The number of benzene rings is 1. The largest absolute Gasteiger partial charge is 0.466 e. The third-order valence-electron chi connectivity index (χ3n) is 3.13. The second-order valence-corrected chi connectivity index (χ2v) is 6.87. The van der Waals surface area contributed by atoms with Crippen LogP contribution in [0, 0.1) is 0 Å². The first kappa shape index (κ1) is 17.5. The molecule has 2 N–H and O–H groups in total. The Kier molecular flexibility index (Phi) is 4.56. The van der Waals surface area contributed by atoms with Gasteiger partial charge in [0.15, 0.2) is 0 Å². The number of rotatable bonds is 5. The van der Waals surface area contributed by atoms with Gasteiger partial charge >= 0.3 is 6.18 Å². The lowest BCUT2D eigenvalue weighted by Gasteiger charge is -2.21. The minimum atomic E-state index is -4.65. The van der Waals surface area contributed by atoms with Crippen molar-refractivity contribution in [3.63, 3.8) is 0 Å². The third kappa shape index (κ3) is 4.12. The molecule has 0 bridgehead atoms. The highest BCUT2D eigenvalue weighted by atomic mass is 32.2. The Morgan fingerprint density at radius 2 is 1.91 bits per heavy atom. The normalized spacial score (nSPS) is 15.3. The van der Waals surface area contributed by atoms with Crippen molar-refractivity contribution < 1.29 is 31.1 Å². The SMILES string of the molecule is CC(O)(CNS(=O)(=O)c1cccc(C(F)(F)F)c1)c1ccco1. The third-order valence-corrected chi connectivity index (χ3v) is 4.53. The van der Waals surface area contributed by atoms with Gasteiger partial charge in [0.25, 0.3) is 0 Å². The van der Waals surface area contributed by atoms with E-state index >= 15 is 0 Å². The molecule has 1 heterocycles. The molecule has 0 amide bonds. The van der Waals surface area contributed by atoms with Crippen LogP contribution >= 0.6 is 0 Å². The maximum Gasteiger partial charge on any atom is 0.416 e. The van der Waals surface area contributed by atoms with Gasteiger partial charge in [-0.3, -0.25) is 0 Å². The van der Waals surface area contributed by atoms with E-state index in [1.807, 2.05) is 0 Å². The molecule has 0 fully saturated rings. The number of furan rings is 1. The Labute approximate surface area is 130 Å². The highest BCUT2D eigenvalue weighted by Gasteiger charge is 2.33. The molecule has 126 valence electrons. The van der Waals surface area contributed by atoms with Crippen molar-refractivity contribution in [1.29, 1.82) is 0 Å². The highest BCUT2D eigenvalue weighted by Crippen LogP contribution is 2.30. The first-order chi connectivity index (χ1) is 10.5. The number of hydrogen-bond acceptors (Lipinski definition) is 4. The molecule has 23 heavy (non-hydrogen) atoms. The summed E-state index contributed by atoms with van der Waals surface area (Å²) in [6.45, 7) is 0.861. The van der Waals surface area contributed by atoms with Crippen molar-refractivity contribution in [2.24, 2.45) is 0 Å². The topological polar surface area (TPSA) is 79.5 Å². The van der Waals surface area contributed by atoms with Gasteiger partial charge in [0.1, 0.15) is 11.4 Å². The van der Waals surface area contributed by atoms with Crippen LogP contribution in [0.5, 0.6) is 0 Å². The van der Waals surface area contributed by atoms with Crippen LogP contribution in [0.2, 0.25) is 0 Å². The molecule has 0 aliphatic carbocycles. The van der Waals surface area contributed by atoms with Crippen LogP contribution in [0.3, 0.4) is 0 Å². The van der Waals surface area contributed by atoms with Crippen LogP contribution in [-0.2, 0) is 21.8 Å². The molecular formula is C14H14F3NO4S. The van der Waals surface area contributed by atoms with Crippen LogP contribution in [0.15, 0.2) is 52.0 Å². The number of alkyl halides is 3. The quantitative estimate of drug-likeness (QED) is 0.869. The van der Waals surface area contributed by atoms with Crippen molar-refractivity contribution in [2.75, 3.05) is 6.54 Å². The van der Waals surface area contributed by atoms with Gasteiger partial charge in [-0.1, -0.05) is 6.07 Å². The minimum absolute atomic E-state index is 0.129. The number of hydrogen-bond donors (Lipinski definition) is 2.